The molecule has 1 aromatic rings. The Bertz CT molecular complexity index is 804. The lowest BCUT2D eigenvalue weighted by Gasteiger charge is -2.36. The van der Waals surface area contributed by atoms with Crippen molar-refractivity contribution in [3.05, 3.63) is 15.8 Å². The summed E-state index contributed by atoms with van der Waals surface area (Å²) in [5, 5.41) is 19.9. The SMILES string of the molecule is CC1CCC(OSN(c2cc(C#CC(C)(C)C)sc2C(=O)O)C2CCC(O)CC2)CC1. The predicted molar refractivity (Wildman–Crippen MR) is 128 cm³/mol. The number of aliphatic hydroxyl groups is 1. The summed E-state index contributed by atoms with van der Waals surface area (Å²) in [5.74, 6) is 6.19. The molecule has 0 aliphatic heterocycles. The van der Waals surface area contributed by atoms with E-state index >= 15 is 0 Å². The van der Waals surface area contributed by atoms with Gasteiger partial charge < -0.3 is 10.2 Å². The fourth-order valence-electron chi connectivity index (χ4n) is 4.03. The molecule has 1 heterocycles. The number of carboxylic acids is 1. The molecular weight excluding hydrogens is 430 g/mol. The second-order valence-electron chi connectivity index (χ2n) is 9.97. The minimum atomic E-state index is -0.934. The fourth-order valence-corrected chi connectivity index (χ4v) is 5.90. The van der Waals surface area contributed by atoms with Gasteiger partial charge in [0.15, 0.2) is 0 Å². The van der Waals surface area contributed by atoms with Crippen LogP contribution in [-0.4, -0.2) is 34.4 Å². The highest BCUT2D eigenvalue weighted by atomic mass is 32.2. The van der Waals surface area contributed by atoms with Crippen molar-refractivity contribution in [2.45, 2.75) is 97.3 Å². The molecule has 0 saturated heterocycles. The molecule has 172 valence electrons. The van der Waals surface area contributed by atoms with E-state index in [0.29, 0.717) is 10.6 Å². The van der Waals surface area contributed by atoms with Gasteiger partial charge >= 0.3 is 5.97 Å². The van der Waals surface area contributed by atoms with Gasteiger partial charge in [0, 0.05) is 11.5 Å². The Hall–Kier alpha value is -1.20. The number of carbonyl (C=O) groups is 1. The first-order valence-electron chi connectivity index (χ1n) is 11.3. The highest BCUT2D eigenvalue weighted by Gasteiger charge is 2.31. The summed E-state index contributed by atoms with van der Waals surface area (Å²) in [4.78, 5) is 13.1. The van der Waals surface area contributed by atoms with Gasteiger partial charge in [0.1, 0.15) is 17.1 Å². The third-order valence-electron chi connectivity index (χ3n) is 5.93. The van der Waals surface area contributed by atoms with Crippen molar-refractivity contribution in [3.63, 3.8) is 0 Å². The lowest BCUT2D eigenvalue weighted by atomic mass is 9.89. The predicted octanol–water partition coefficient (Wildman–Crippen LogP) is 6.11. The van der Waals surface area contributed by atoms with E-state index in [-0.39, 0.29) is 23.7 Å². The van der Waals surface area contributed by atoms with Crippen molar-refractivity contribution in [3.8, 4) is 11.8 Å². The summed E-state index contributed by atoms with van der Waals surface area (Å²) in [6.45, 7) is 8.41. The molecule has 5 nitrogen and oxygen atoms in total. The van der Waals surface area contributed by atoms with Gasteiger partial charge in [0.25, 0.3) is 0 Å². The van der Waals surface area contributed by atoms with Crippen molar-refractivity contribution in [1.82, 2.24) is 0 Å². The van der Waals surface area contributed by atoms with Crippen LogP contribution in [0.15, 0.2) is 6.07 Å². The summed E-state index contributed by atoms with van der Waals surface area (Å²) in [7, 11) is 0. The van der Waals surface area contributed by atoms with Crippen molar-refractivity contribution >= 4 is 35.2 Å². The highest BCUT2D eigenvalue weighted by molar-refractivity contribution is 7.96. The van der Waals surface area contributed by atoms with E-state index in [1.54, 1.807) is 0 Å². The number of anilines is 1. The van der Waals surface area contributed by atoms with Crippen LogP contribution >= 0.6 is 23.6 Å². The van der Waals surface area contributed by atoms with E-state index in [0.717, 1.165) is 49.3 Å². The van der Waals surface area contributed by atoms with E-state index in [4.69, 9.17) is 4.18 Å². The van der Waals surface area contributed by atoms with Crippen LogP contribution in [0.3, 0.4) is 0 Å². The first-order valence-corrected chi connectivity index (χ1v) is 12.8. The Morgan fingerprint density at radius 3 is 2.39 bits per heavy atom. The molecule has 2 fully saturated rings. The van der Waals surface area contributed by atoms with Gasteiger partial charge in [-0.25, -0.2) is 4.79 Å². The van der Waals surface area contributed by atoms with Crippen LogP contribution in [0.4, 0.5) is 5.69 Å². The van der Waals surface area contributed by atoms with Gasteiger partial charge in [-0.15, -0.1) is 11.3 Å². The highest BCUT2D eigenvalue weighted by Crippen LogP contribution is 2.40. The maximum absolute atomic E-state index is 12.1. The number of hydrogen-bond donors (Lipinski definition) is 2. The largest absolute Gasteiger partial charge is 0.477 e. The van der Waals surface area contributed by atoms with Crippen LogP contribution in [0.1, 0.15) is 93.6 Å². The zero-order chi connectivity index (χ0) is 22.6. The molecule has 7 heteroatoms. The number of nitrogens with zero attached hydrogens (tertiary/aromatic N) is 1. The second-order valence-corrected chi connectivity index (χ2v) is 11.8. The zero-order valence-electron chi connectivity index (χ0n) is 19.0. The lowest BCUT2D eigenvalue weighted by Crippen LogP contribution is -2.36. The summed E-state index contributed by atoms with van der Waals surface area (Å²) in [6.07, 6.45) is 7.46. The first-order chi connectivity index (χ1) is 14.6. The van der Waals surface area contributed by atoms with Crippen molar-refractivity contribution < 1.29 is 19.2 Å². The van der Waals surface area contributed by atoms with Crippen molar-refractivity contribution in [1.29, 1.82) is 0 Å². The van der Waals surface area contributed by atoms with Crippen LogP contribution in [0, 0.1) is 23.2 Å². The molecule has 0 bridgehead atoms. The molecule has 0 amide bonds. The van der Waals surface area contributed by atoms with Crippen molar-refractivity contribution in [2.24, 2.45) is 11.3 Å². The van der Waals surface area contributed by atoms with Crippen LogP contribution in [0.5, 0.6) is 0 Å². The van der Waals surface area contributed by atoms with Gasteiger partial charge in [0.2, 0.25) is 0 Å². The Balaban J connectivity index is 1.85. The number of thiophene rings is 1. The molecule has 0 atom stereocenters. The number of aliphatic hydroxyl groups excluding tert-OH is 1. The van der Waals surface area contributed by atoms with Gasteiger partial charge in [0.05, 0.1) is 22.8 Å². The minimum absolute atomic E-state index is 0.132. The average molecular weight is 466 g/mol. The molecule has 2 N–H and O–H groups in total. The molecular formula is C24H35NO4S2. The van der Waals surface area contributed by atoms with E-state index in [1.807, 2.05) is 31.1 Å². The Kier molecular flexibility index (Phi) is 8.37. The van der Waals surface area contributed by atoms with E-state index < -0.39 is 5.97 Å². The summed E-state index contributed by atoms with van der Waals surface area (Å²) in [6, 6.07) is 2.03. The van der Waals surface area contributed by atoms with Gasteiger partial charge in [-0.05, 0) is 84.1 Å². The number of hydrogen-bond acceptors (Lipinski definition) is 6. The smallest absolute Gasteiger partial charge is 0.348 e. The van der Waals surface area contributed by atoms with E-state index in [1.165, 1.54) is 36.4 Å². The molecule has 0 unspecified atom stereocenters. The van der Waals surface area contributed by atoms with Crippen LogP contribution in [0.25, 0.3) is 0 Å². The average Bonchev–Trinajstić information content (AvgIpc) is 3.13. The van der Waals surface area contributed by atoms with Crippen LogP contribution in [0.2, 0.25) is 0 Å². The molecule has 31 heavy (non-hydrogen) atoms. The Labute approximate surface area is 194 Å². The molecule has 2 saturated carbocycles. The quantitative estimate of drug-likeness (QED) is 0.300. The topological polar surface area (TPSA) is 70.0 Å². The summed E-state index contributed by atoms with van der Waals surface area (Å²) < 4.78 is 8.29. The van der Waals surface area contributed by atoms with Gasteiger partial charge in [-0.1, -0.05) is 18.8 Å². The maximum Gasteiger partial charge on any atom is 0.348 e. The normalized spacial score (nSPS) is 26.7. The first kappa shape index (κ1) is 24.4. The monoisotopic (exact) mass is 465 g/mol. The lowest BCUT2D eigenvalue weighted by molar-refractivity contribution is 0.0702. The van der Waals surface area contributed by atoms with Gasteiger partial charge in [-0.3, -0.25) is 8.49 Å². The number of rotatable bonds is 6. The maximum atomic E-state index is 12.1. The molecule has 1 aromatic heterocycles. The number of aromatic carboxylic acids is 1. The summed E-state index contributed by atoms with van der Waals surface area (Å²) >= 11 is 2.54. The van der Waals surface area contributed by atoms with Crippen LogP contribution < -0.4 is 4.31 Å². The number of carboxylic acid groups (broad SMARTS) is 1. The molecule has 0 radical (unpaired) electrons. The Morgan fingerprint density at radius 2 is 1.81 bits per heavy atom. The van der Waals surface area contributed by atoms with Crippen molar-refractivity contribution in [2.75, 3.05) is 4.31 Å². The fraction of sp³-hybridized carbons (Fsp3) is 0.708. The van der Waals surface area contributed by atoms with E-state index in [9.17, 15) is 15.0 Å². The molecule has 0 aromatic carbocycles. The minimum Gasteiger partial charge on any atom is -0.477 e. The summed E-state index contributed by atoms with van der Waals surface area (Å²) in [5.41, 5.74) is 0.522. The molecule has 0 spiro atoms. The molecule has 3 rings (SSSR count). The standard InChI is InChI=1S/C24H35NO4S2/c1-16-5-11-19(12-6-16)29-31-25(17-7-9-18(26)10-8-17)21-15-20(13-14-24(2,3)4)30-22(21)23(27)28/h15-19,26H,5-12H2,1-4H3,(H,27,28). The zero-order valence-corrected chi connectivity index (χ0v) is 20.7. The Morgan fingerprint density at radius 1 is 1.16 bits per heavy atom. The second kappa shape index (κ2) is 10.6. The molecule has 2 aliphatic rings. The third kappa shape index (κ3) is 7.15. The molecule has 2 aliphatic carbocycles. The van der Waals surface area contributed by atoms with Gasteiger partial charge in [-0.2, -0.15) is 0 Å². The van der Waals surface area contributed by atoms with Crippen LogP contribution in [-0.2, 0) is 4.18 Å². The third-order valence-corrected chi connectivity index (χ3v) is 7.97. The van der Waals surface area contributed by atoms with E-state index in [2.05, 4.69) is 18.8 Å².